The van der Waals surface area contributed by atoms with Crippen LogP contribution < -0.4 is 10.6 Å². The molecule has 3 rings (SSSR count). The highest BCUT2D eigenvalue weighted by Crippen LogP contribution is 2.16. The number of fused-ring (bicyclic) bond motifs is 1. The number of aromatic nitrogens is 3. The van der Waals surface area contributed by atoms with Gasteiger partial charge in [-0.3, -0.25) is 9.59 Å². The quantitative estimate of drug-likeness (QED) is 0.774. The standard InChI is InChI=1S/C13H11N5O2S/c1-8(19)15-9-3-2-4-10(5-9)16-12(20)11-6-18-13(17-11)21-7-14-18/h2-7H,1H3,(H,15,19)(H,16,20). The first-order valence-electron chi connectivity index (χ1n) is 6.10. The fraction of sp³-hybridized carbons (Fsp3) is 0.0769. The third-order valence-corrected chi connectivity index (χ3v) is 3.35. The monoisotopic (exact) mass is 301 g/mol. The Morgan fingerprint density at radius 2 is 2.00 bits per heavy atom. The highest BCUT2D eigenvalue weighted by molar-refractivity contribution is 7.14. The predicted octanol–water partition coefficient (Wildman–Crippen LogP) is 2.00. The largest absolute Gasteiger partial charge is 0.326 e. The van der Waals surface area contributed by atoms with Gasteiger partial charge in [-0.1, -0.05) is 17.4 Å². The third-order valence-electron chi connectivity index (χ3n) is 2.66. The van der Waals surface area contributed by atoms with Gasteiger partial charge < -0.3 is 10.6 Å². The van der Waals surface area contributed by atoms with Gasteiger partial charge in [-0.05, 0) is 18.2 Å². The Morgan fingerprint density at radius 3 is 2.71 bits per heavy atom. The number of hydrogen-bond acceptors (Lipinski definition) is 5. The third kappa shape index (κ3) is 2.90. The molecule has 3 aromatic rings. The molecule has 8 heteroatoms. The summed E-state index contributed by atoms with van der Waals surface area (Å²) in [6, 6.07) is 6.90. The van der Waals surface area contributed by atoms with E-state index in [0.29, 0.717) is 22.0 Å². The Bertz CT molecular complexity index is 794. The van der Waals surface area contributed by atoms with Crippen molar-refractivity contribution in [3.05, 3.63) is 41.7 Å². The van der Waals surface area contributed by atoms with Crippen LogP contribution in [0.4, 0.5) is 11.4 Å². The maximum absolute atomic E-state index is 12.1. The maximum atomic E-state index is 12.1. The van der Waals surface area contributed by atoms with Crippen LogP contribution in [-0.4, -0.2) is 26.4 Å². The zero-order valence-electron chi connectivity index (χ0n) is 11.0. The highest BCUT2D eigenvalue weighted by Gasteiger charge is 2.12. The first kappa shape index (κ1) is 13.3. The smallest absolute Gasteiger partial charge is 0.275 e. The van der Waals surface area contributed by atoms with Gasteiger partial charge in [0.2, 0.25) is 10.9 Å². The molecular weight excluding hydrogens is 290 g/mol. The molecule has 0 bridgehead atoms. The summed E-state index contributed by atoms with van der Waals surface area (Å²) in [4.78, 5) is 28.0. The van der Waals surface area contributed by atoms with Gasteiger partial charge >= 0.3 is 0 Å². The van der Waals surface area contributed by atoms with Gasteiger partial charge in [-0.25, -0.2) is 9.50 Å². The zero-order valence-corrected chi connectivity index (χ0v) is 11.8. The van der Waals surface area contributed by atoms with Crippen LogP contribution in [0.15, 0.2) is 36.0 Å². The molecule has 0 unspecified atom stereocenters. The van der Waals surface area contributed by atoms with Crippen LogP contribution in [0.5, 0.6) is 0 Å². The van der Waals surface area contributed by atoms with E-state index in [1.165, 1.54) is 18.3 Å². The van der Waals surface area contributed by atoms with Crippen molar-refractivity contribution in [2.75, 3.05) is 10.6 Å². The predicted molar refractivity (Wildman–Crippen MR) is 79.6 cm³/mol. The molecule has 106 valence electrons. The summed E-state index contributed by atoms with van der Waals surface area (Å²) in [6.07, 6.45) is 1.57. The van der Waals surface area contributed by atoms with Crippen molar-refractivity contribution in [2.24, 2.45) is 0 Å². The van der Waals surface area contributed by atoms with Crippen molar-refractivity contribution in [1.29, 1.82) is 0 Å². The van der Waals surface area contributed by atoms with Gasteiger partial charge in [0.1, 0.15) is 11.2 Å². The maximum Gasteiger partial charge on any atom is 0.275 e. The number of amides is 2. The van der Waals surface area contributed by atoms with Crippen LogP contribution in [-0.2, 0) is 4.79 Å². The van der Waals surface area contributed by atoms with Crippen molar-refractivity contribution in [1.82, 2.24) is 14.6 Å². The number of carbonyl (C=O) groups is 2. The average Bonchev–Trinajstić information content (AvgIpc) is 2.98. The normalized spacial score (nSPS) is 10.5. The number of rotatable bonds is 3. The van der Waals surface area contributed by atoms with Crippen LogP contribution in [0.2, 0.25) is 0 Å². The molecular formula is C13H11N5O2S. The second kappa shape index (κ2) is 5.33. The molecule has 0 aliphatic rings. The molecule has 0 atom stereocenters. The molecule has 2 N–H and O–H groups in total. The summed E-state index contributed by atoms with van der Waals surface area (Å²) >= 11 is 1.35. The van der Waals surface area contributed by atoms with E-state index in [1.54, 1.807) is 40.5 Å². The lowest BCUT2D eigenvalue weighted by Crippen LogP contribution is -2.13. The number of imidazole rings is 1. The molecule has 2 amide bonds. The summed E-state index contributed by atoms with van der Waals surface area (Å²) in [5.74, 6) is -0.494. The minimum atomic E-state index is -0.326. The molecule has 0 saturated carbocycles. The van der Waals surface area contributed by atoms with E-state index in [0.717, 1.165) is 0 Å². The fourth-order valence-corrected chi connectivity index (χ4v) is 2.42. The summed E-state index contributed by atoms with van der Waals surface area (Å²) < 4.78 is 1.55. The van der Waals surface area contributed by atoms with E-state index < -0.39 is 0 Å². The zero-order chi connectivity index (χ0) is 14.8. The SMILES string of the molecule is CC(=O)Nc1cccc(NC(=O)c2cn3ncsc3n2)c1. The molecule has 2 aromatic heterocycles. The van der Waals surface area contributed by atoms with Crippen LogP contribution >= 0.6 is 11.3 Å². The minimum absolute atomic E-state index is 0.168. The van der Waals surface area contributed by atoms with Crippen LogP contribution in [0.25, 0.3) is 4.96 Å². The van der Waals surface area contributed by atoms with E-state index in [2.05, 4.69) is 20.7 Å². The van der Waals surface area contributed by atoms with E-state index in [1.807, 2.05) is 0 Å². The number of nitrogens with one attached hydrogen (secondary N) is 2. The molecule has 21 heavy (non-hydrogen) atoms. The summed E-state index contributed by atoms with van der Waals surface area (Å²) in [5.41, 5.74) is 3.14. The molecule has 7 nitrogen and oxygen atoms in total. The molecule has 0 fully saturated rings. The second-order valence-corrected chi connectivity index (χ2v) is 5.12. The van der Waals surface area contributed by atoms with Crippen LogP contribution in [0.1, 0.15) is 17.4 Å². The lowest BCUT2D eigenvalue weighted by Gasteiger charge is -2.06. The molecule has 0 aliphatic heterocycles. The number of nitrogens with zero attached hydrogens (tertiary/aromatic N) is 3. The number of hydrogen-bond donors (Lipinski definition) is 2. The van der Waals surface area contributed by atoms with Gasteiger partial charge in [-0.15, -0.1) is 0 Å². The molecule has 0 spiro atoms. The van der Waals surface area contributed by atoms with Crippen molar-refractivity contribution in [2.45, 2.75) is 6.92 Å². The van der Waals surface area contributed by atoms with Gasteiger partial charge in [0, 0.05) is 18.3 Å². The fourth-order valence-electron chi connectivity index (χ4n) is 1.82. The van der Waals surface area contributed by atoms with Crippen LogP contribution in [0, 0.1) is 0 Å². The van der Waals surface area contributed by atoms with E-state index in [9.17, 15) is 9.59 Å². The summed E-state index contributed by atoms with van der Waals surface area (Å²) in [6.45, 7) is 1.43. The number of carbonyl (C=O) groups excluding carboxylic acids is 2. The lowest BCUT2D eigenvalue weighted by atomic mass is 10.2. The highest BCUT2D eigenvalue weighted by atomic mass is 32.1. The molecule has 0 radical (unpaired) electrons. The van der Waals surface area contributed by atoms with E-state index in [4.69, 9.17) is 0 Å². The molecule has 0 aliphatic carbocycles. The summed E-state index contributed by atoms with van der Waals surface area (Å²) in [5, 5.41) is 9.41. The number of benzene rings is 1. The molecule has 0 saturated heterocycles. The van der Waals surface area contributed by atoms with Gasteiger partial charge in [0.25, 0.3) is 5.91 Å². The van der Waals surface area contributed by atoms with Crippen molar-refractivity contribution in [3.63, 3.8) is 0 Å². The van der Waals surface area contributed by atoms with Crippen molar-refractivity contribution < 1.29 is 9.59 Å². The molecule has 1 aromatic carbocycles. The van der Waals surface area contributed by atoms with Crippen molar-refractivity contribution >= 4 is 39.5 Å². The minimum Gasteiger partial charge on any atom is -0.326 e. The average molecular weight is 301 g/mol. The Kier molecular flexibility index (Phi) is 3.36. The Morgan fingerprint density at radius 1 is 1.24 bits per heavy atom. The van der Waals surface area contributed by atoms with Gasteiger partial charge in [0.15, 0.2) is 0 Å². The summed E-state index contributed by atoms with van der Waals surface area (Å²) in [7, 11) is 0. The first-order valence-corrected chi connectivity index (χ1v) is 6.97. The van der Waals surface area contributed by atoms with E-state index in [-0.39, 0.29) is 11.8 Å². The first-order chi connectivity index (χ1) is 10.1. The van der Waals surface area contributed by atoms with Crippen molar-refractivity contribution in [3.8, 4) is 0 Å². The number of anilines is 2. The van der Waals surface area contributed by atoms with Crippen LogP contribution in [0.3, 0.4) is 0 Å². The Labute approximate surface area is 123 Å². The van der Waals surface area contributed by atoms with Gasteiger partial charge in [-0.2, -0.15) is 5.10 Å². The lowest BCUT2D eigenvalue weighted by molar-refractivity contribution is -0.114. The topological polar surface area (TPSA) is 88.4 Å². The van der Waals surface area contributed by atoms with E-state index >= 15 is 0 Å². The second-order valence-electron chi connectivity index (χ2n) is 4.31. The molecule has 2 heterocycles. The van der Waals surface area contributed by atoms with Gasteiger partial charge in [0.05, 0.1) is 6.20 Å². The Hall–Kier alpha value is -2.74. The Balaban J connectivity index is 1.77.